The van der Waals surface area contributed by atoms with Gasteiger partial charge in [-0.1, -0.05) is 0 Å². The lowest BCUT2D eigenvalue weighted by Crippen LogP contribution is -2.41. The van der Waals surface area contributed by atoms with Gasteiger partial charge in [0.25, 0.3) is 0 Å². The van der Waals surface area contributed by atoms with Crippen molar-refractivity contribution < 1.29 is 0 Å². The molecular weight excluding hydrogens is 216 g/mol. The van der Waals surface area contributed by atoms with Crippen LogP contribution in [0.15, 0.2) is 11.4 Å². The molecule has 2 rings (SSSR count). The third-order valence-electron chi connectivity index (χ3n) is 2.80. The lowest BCUT2D eigenvalue weighted by atomic mass is 10.1. The molecule has 4 heteroatoms. The summed E-state index contributed by atoms with van der Waals surface area (Å²) < 4.78 is 0. The molecule has 1 unspecified atom stereocenters. The Balaban J connectivity index is 0.000000980. The normalized spacial score (nSPS) is 18.4. The highest BCUT2D eigenvalue weighted by atomic mass is 35.5. The molecule has 1 aromatic rings. The van der Waals surface area contributed by atoms with Crippen molar-refractivity contribution in [3.8, 4) is 0 Å². The van der Waals surface area contributed by atoms with Crippen LogP contribution in [0.4, 0.5) is 0 Å². The molecule has 2 heterocycles. The van der Waals surface area contributed by atoms with E-state index < -0.39 is 0 Å². The minimum Gasteiger partial charge on any atom is -0.329 e. The monoisotopic (exact) mass is 232 g/mol. The van der Waals surface area contributed by atoms with E-state index in [9.17, 15) is 0 Å². The smallest absolute Gasteiger partial charge is 0.0248 e. The van der Waals surface area contributed by atoms with Crippen LogP contribution in [0.5, 0.6) is 0 Å². The standard InChI is InChI=1S/C10H16N2S.ClH/c1-8(6-11)12-4-2-10-9(7-12)3-5-13-10;/h3,5,8H,2,4,6-7,11H2,1H3;1H. The molecule has 14 heavy (non-hydrogen) atoms. The Morgan fingerprint density at radius 3 is 3.14 bits per heavy atom. The Morgan fingerprint density at radius 1 is 1.64 bits per heavy atom. The van der Waals surface area contributed by atoms with Crippen LogP contribution in [-0.4, -0.2) is 24.0 Å². The van der Waals surface area contributed by atoms with Crippen molar-refractivity contribution in [3.63, 3.8) is 0 Å². The van der Waals surface area contributed by atoms with Crippen LogP contribution in [-0.2, 0) is 13.0 Å². The van der Waals surface area contributed by atoms with Gasteiger partial charge in [0.2, 0.25) is 0 Å². The molecule has 0 saturated heterocycles. The molecule has 0 radical (unpaired) electrons. The summed E-state index contributed by atoms with van der Waals surface area (Å²) in [4.78, 5) is 4.04. The van der Waals surface area contributed by atoms with Gasteiger partial charge in [0.15, 0.2) is 0 Å². The molecule has 1 atom stereocenters. The zero-order valence-corrected chi connectivity index (χ0v) is 10.0. The highest BCUT2D eigenvalue weighted by Gasteiger charge is 2.19. The van der Waals surface area contributed by atoms with Crippen LogP contribution in [0.3, 0.4) is 0 Å². The summed E-state index contributed by atoms with van der Waals surface area (Å²) in [6.07, 6.45) is 1.21. The molecule has 1 aromatic heterocycles. The van der Waals surface area contributed by atoms with Crippen molar-refractivity contribution in [1.29, 1.82) is 0 Å². The van der Waals surface area contributed by atoms with Gasteiger partial charge in [-0.3, -0.25) is 4.90 Å². The molecule has 0 spiro atoms. The van der Waals surface area contributed by atoms with E-state index in [-0.39, 0.29) is 12.4 Å². The number of halogens is 1. The van der Waals surface area contributed by atoms with E-state index in [0.717, 1.165) is 13.1 Å². The summed E-state index contributed by atoms with van der Waals surface area (Å²) in [6, 6.07) is 2.77. The molecule has 0 aromatic carbocycles. The predicted molar refractivity (Wildman–Crippen MR) is 64.2 cm³/mol. The number of fused-ring (bicyclic) bond motifs is 1. The number of thiophene rings is 1. The van der Waals surface area contributed by atoms with E-state index >= 15 is 0 Å². The molecule has 2 N–H and O–H groups in total. The number of hydrogen-bond donors (Lipinski definition) is 1. The Labute approximate surface area is 95.5 Å². The molecule has 1 aliphatic heterocycles. The fourth-order valence-corrected chi connectivity index (χ4v) is 2.69. The average molecular weight is 233 g/mol. The number of rotatable bonds is 2. The fraction of sp³-hybridized carbons (Fsp3) is 0.600. The van der Waals surface area contributed by atoms with Gasteiger partial charge >= 0.3 is 0 Å². The summed E-state index contributed by atoms with van der Waals surface area (Å²) in [5.41, 5.74) is 7.17. The van der Waals surface area contributed by atoms with E-state index in [0.29, 0.717) is 6.04 Å². The van der Waals surface area contributed by atoms with Crippen molar-refractivity contribution >= 4 is 23.7 Å². The van der Waals surface area contributed by atoms with Gasteiger partial charge < -0.3 is 5.73 Å². The van der Waals surface area contributed by atoms with Gasteiger partial charge in [0.1, 0.15) is 0 Å². The van der Waals surface area contributed by atoms with E-state index in [2.05, 4.69) is 23.3 Å². The second-order valence-electron chi connectivity index (χ2n) is 3.67. The van der Waals surface area contributed by atoms with Crippen LogP contribution in [0.1, 0.15) is 17.4 Å². The maximum Gasteiger partial charge on any atom is 0.0248 e. The zero-order valence-electron chi connectivity index (χ0n) is 8.40. The van der Waals surface area contributed by atoms with Crippen molar-refractivity contribution in [2.45, 2.75) is 25.9 Å². The molecule has 1 aliphatic rings. The van der Waals surface area contributed by atoms with Crippen molar-refractivity contribution in [1.82, 2.24) is 4.90 Å². The minimum absolute atomic E-state index is 0. The van der Waals surface area contributed by atoms with Crippen LogP contribution in [0.25, 0.3) is 0 Å². The van der Waals surface area contributed by atoms with Gasteiger partial charge in [-0.2, -0.15) is 0 Å². The molecule has 2 nitrogen and oxygen atoms in total. The first-order valence-electron chi connectivity index (χ1n) is 4.80. The first-order valence-corrected chi connectivity index (χ1v) is 5.68. The number of hydrogen-bond acceptors (Lipinski definition) is 3. The summed E-state index contributed by atoms with van der Waals surface area (Å²) in [6.45, 7) is 5.24. The summed E-state index contributed by atoms with van der Waals surface area (Å²) >= 11 is 1.89. The van der Waals surface area contributed by atoms with E-state index in [4.69, 9.17) is 5.73 Å². The molecular formula is C10H17ClN2S. The Bertz CT molecular complexity index is 287. The molecule has 0 fully saturated rings. The summed E-state index contributed by atoms with van der Waals surface area (Å²) in [5, 5.41) is 2.20. The Morgan fingerprint density at radius 2 is 2.43 bits per heavy atom. The average Bonchev–Trinajstić information content (AvgIpc) is 2.63. The second-order valence-corrected chi connectivity index (χ2v) is 4.67. The quantitative estimate of drug-likeness (QED) is 0.844. The van der Waals surface area contributed by atoms with Gasteiger partial charge in [-0.25, -0.2) is 0 Å². The molecule has 80 valence electrons. The van der Waals surface area contributed by atoms with Gasteiger partial charge in [0.05, 0.1) is 0 Å². The highest BCUT2D eigenvalue weighted by Crippen LogP contribution is 2.24. The van der Waals surface area contributed by atoms with Gasteiger partial charge in [-0.15, -0.1) is 23.7 Å². The fourth-order valence-electron chi connectivity index (χ4n) is 1.80. The summed E-state index contributed by atoms with van der Waals surface area (Å²) in [5.74, 6) is 0. The predicted octanol–water partition coefficient (Wildman–Crippen LogP) is 1.88. The first-order chi connectivity index (χ1) is 6.31. The first kappa shape index (κ1) is 12.0. The minimum atomic E-state index is 0. The Hall–Kier alpha value is -0.0900. The number of nitrogens with zero attached hydrogens (tertiary/aromatic N) is 1. The van der Waals surface area contributed by atoms with Gasteiger partial charge in [-0.05, 0) is 30.4 Å². The largest absolute Gasteiger partial charge is 0.329 e. The molecule has 0 saturated carbocycles. The topological polar surface area (TPSA) is 29.3 Å². The van der Waals surface area contributed by atoms with Crippen molar-refractivity contribution in [2.24, 2.45) is 5.73 Å². The SMILES string of the molecule is CC(CN)N1CCc2sccc2C1.Cl. The van der Waals surface area contributed by atoms with Crippen LogP contribution in [0.2, 0.25) is 0 Å². The van der Waals surface area contributed by atoms with Crippen molar-refractivity contribution in [2.75, 3.05) is 13.1 Å². The van der Waals surface area contributed by atoms with E-state index in [1.165, 1.54) is 18.5 Å². The summed E-state index contributed by atoms with van der Waals surface area (Å²) in [7, 11) is 0. The molecule has 0 bridgehead atoms. The molecule has 0 amide bonds. The lowest BCUT2D eigenvalue weighted by molar-refractivity contribution is 0.196. The third kappa shape index (κ3) is 2.28. The van der Waals surface area contributed by atoms with Gasteiger partial charge in [0, 0.05) is 30.6 Å². The second kappa shape index (κ2) is 5.12. The van der Waals surface area contributed by atoms with E-state index in [1.807, 2.05) is 11.3 Å². The maximum atomic E-state index is 5.66. The van der Waals surface area contributed by atoms with E-state index in [1.54, 1.807) is 4.88 Å². The molecule has 0 aliphatic carbocycles. The van der Waals surface area contributed by atoms with Crippen LogP contribution >= 0.6 is 23.7 Å². The lowest BCUT2D eigenvalue weighted by Gasteiger charge is -2.31. The zero-order chi connectivity index (χ0) is 9.26. The number of nitrogens with two attached hydrogens (primary N) is 1. The Kier molecular flexibility index (Phi) is 4.38. The van der Waals surface area contributed by atoms with Crippen LogP contribution < -0.4 is 5.73 Å². The maximum absolute atomic E-state index is 5.66. The third-order valence-corrected chi connectivity index (χ3v) is 3.82. The van der Waals surface area contributed by atoms with Crippen LogP contribution in [0, 0.1) is 0 Å². The van der Waals surface area contributed by atoms with Crippen molar-refractivity contribution in [3.05, 3.63) is 21.9 Å². The highest BCUT2D eigenvalue weighted by molar-refractivity contribution is 7.10.